The molecule has 0 bridgehead atoms. The largest absolute Gasteiger partial charge is 0.369 e. The van der Waals surface area contributed by atoms with Gasteiger partial charge >= 0.3 is 0 Å². The zero-order valence-corrected chi connectivity index (χ0v) is 9.41. The minimum absolute atomic E-state index is 0.0862. The molecular weight excluding hydrogens is 234 g/mol. The van der Waals surface area contributed by atoms with Gasteiger partial charge in [-0.1, -0.05) is 0 Å². The normalized spacial score (nSPS) is 23.0. The smallest absolute Gasteiger partial charge is 0.296 e. The number of hydrogen-bond donors (Lipinski definition) is 4. The predicted octanol–water partition coefficient (Wildman–Crippen LogP) is -0.696. The van der Waals surface area contributed by atoms with E-state index < -0.39 is 5.91 Å². The van der Waals surface area contributed by atoms with E-state index in [-0.39, 0.29) is 11.9 Å². The summed E-state index contributed by atoms with van der Waals surface area (Å²) in [6.07, 6.45) is 2.22. The second-order valence-electron chi connectivity index (χ2n) is 4.05. The molecule has 7 nitrogen and oxygen atoms in total. The van der Waals surface area contributed by atoms with Crippen molar-refractivity contribution < 1.29 is 9.59 Å². The monoisotopic (exact) mass is 245 g/mol. The van der Waals surface area contributed by atoms with Gasteiger partial charge in [0.05, 0.1) is 0 Å². The number of aromatic amines is 1. The van der Waals surface area contributed by atoms with Crippen LogP contribution in [0.4, 0.5) is 0 Å². The molecule has 1 aromatic heterocycles. The van der Waals surface area contributed by atoms with Crippen LogP contribution in [-0.2, 0) is 4.79 Å². The van der Waals surface area contributed by atoms with Gasteiger partial charge in [-0.3, -0.25) is 9.59 Å². The maximum Gasteiger partial charge on any atom is 0.296 e. The summed E-state index contributed by atoms with van der Waals surface area (Å²) < 4.78 is 0. The van der Waals surface area contributed by atoms with Gasteiger partial charge in [0, 0.05) is 18.3 Å². The van der Waals surface area contributed by atoms with E-state index in [2.05, 4.69) is 20.6 Å². The molecule has 0 saturated carbocycles. The molecule has 0 atom stereocenters. The zero-order valence-electron chi connectivity index (χ0n) is 9.41. The second-order valence-corrected chi connectivity index (χ2v) is 4.05. The molecule has 0 fully saturated rings. The highest BCUT2D eigenvalue weighted by molar-refractivity contribution is 6.15. The van der Waals surface area contributed by atoms with E-state index in [1.165, 1.54) is 0 Å². The Morgan fingerprint density at radius 1 is 1.33 bits per heavy atom. The first-order valence-electron chi connectivity index (χ1n) is 5.51. The number of hydrogen-bond acceptors (Lipinski definition) is 4. The third-order valence-corrected chi connectivity index (χ3v) is 2.95. The summed E-state index contributed by atoms with van der Waals surface area (Å²) >= 11 is 0. The van der Waals surface area contributed by atoms with E-state index in [1.54, 1.807) is 12.3 Å². The lowest BCUT2D eigenvalue weighted by Crippen LogP contribution is -2.26. The molecule has 2 aliphatic rings. The first-order valence-corrected chi connectivity index (χ1v) is 5.51. The number of nitrogens with zero attached hydrogens (tertiary/aromatic N) is 1. The van der Waals surface area contributed by atoms with Crippen LogP contribution in [0.5, 0.6) is 0 Å². The van der Waals surface area contributed by atoms with Crippen molar-refractivity contribution in [2.75, 3.05) is 6.54 Å². The van der Waals surface area contributed by atoms with Crippen molar-refractivity contribution in [2.24, 2.45) is 10.7 Å². The van der Waals surface area contributed by atoms with E-state index in [9.17, 15) is 9.59 Å². The maximum absolute atomic E-state index is 11.7. The number of H-pyrrole nitrogens is 1. The average Bonchev–Trinajstić information content (AvgIpc) is 2.88. The van der Waals surface area contributed by atoms with E-state index in [1.807, 2.05) is 0 Å². The Morgan fingerprint density at radius 2 is 2.17 bits per heavy atom. The molecule has 2 amide bonds. The molecule has 2 aliphatic heterocycles. The number of guanidine groups is 1. The van der Waals surface area contributed by atoms with Crippen molar-refractivity contribution >= 4 is 23.3 Å². The molecule has 0 unspecified atom stereocenters. The van der Waals surface area contributed by atoms with Crippen molar-refractivity contribution in [1.82, 2.24) is 15.6 Å². The van der Waals surface area contributed by atoms with Crippen molar-refractivity contribution in [3.63, 3.8) is 0 Å². The molecule has 0 saturated heterocycles. The number of nitrogens with one attached hydrogen (secondary N) is 3. The molecule has 0 aromatic carbocycles. The lowest BCUT2D eigenvalue weighted by molar-refractivity contribution is -0.114. The summed E-state index contributed by atoms with van der Waals surface area (Å²) in [5, 5.41) is 5.51. The van der Waals surface area contributed by atoms with Crippen LogP contribution < -0.4 is 16.4 Å². The van der Waals surface area contributed by atoms with Crippen LogP contribution in [0, 0.1) is 0 Å². The first-order chi connectivity index (χ1) is 8.66. The van der Waals surface area contributed by atoms with Crippen LogP contribution in [0.15, 0.2) is 23.0 Å². The average molecular weight is 245 g/mol. The molecule has 0 aliphatic carbocycles. The fourth-order valence-corrected chi connectivity index (χ4v) is 2.17. The minimum Gasteiger partial charge on any atom is -0.369 e. The van der Waals surface area contributed by atoms with Crippen LogP contribution in [0.1, 0.15) is 22.5 Å². The van der Waals surface area contributed by atoms with E-state index in [4.69, 9.17) is 5.73 Å². The molecule has 3 rings (SSSR count). The first kappa shape index (κ1) is 10.6. The van der Waals surface area contributed by atoms with Crippen LogP contribution in [0.2, 0.25) is 0 Å². The maximum atomic E-state index is 11.7. The van der Waals surface area contributed by atoms with Gasteiger partial charge in [-0.25, -0.2) is 0 Å². The number of fused-ring (bicyclic) bond motifs is 1. The fourth-order valence-electron chi connectivity index (χ4n) is 2.17. The molecule has 7 heteroatoms. The minimum atomic E-state index is -0.399. The Hall–Kier alpha value is -2.57. The third kappa shape index (κ3) is 1.48. The number of carbonyl (C=O) groups excluding carboxylic acids is 2. The summed E-state index contributed by atoms with van der Waals surface area (Å²) in [5.74, 6) is -0.489. The fraction of sp³-hybridized carbons (Fsp3) is 0.182. The van der Waals surface area contributed by atoms with Gasteiger partial charge in [0.15, 0.2) is 0 Å². The topological polar surface area (TPSA) is 112 Å². The highest BCUT2D eigenvalue weighted by atomic mass is 16.2. The molecule has 18 heavy (non-hydrogen) atoms. The van der Waals surface area contributed by atoms with Crippen LogP contribution in [-0.4, -0.2) is 29.3 Å². The Kier molecular flexibility index (Phi) is 2.19. The van der Waals surface area contributed by atoms with Crippen molar-refractivity contribution in [1.29, 1.82) is 0 Å². The Balaban J connectivity index is 2.15. The van der Waals surface area contributed by atoms with E-state index in [0.717, 1.165) is 5.57 Å². The number of carbonyl (C=O) groups is 2. The van der Waals surface area contributed by atoms with Gasteiger partial charge in [-0.15, -0.1) is 0 Å². The van der Waals surface area contributed by atoms with Crippen molar-refractivity contribution in [3.05, 3.63) is 29.2 Å². The molecule has 1 aromatic rings. The highest BCUT2D eigenvalue weighted by Gasteiger charge is 2.27. The predicted molar refractivity (Wildman–Crippen MR) is 64.4 cm³/mol. The molecule has 5 N–H and O–H groups in total. The van der Waals surface area contributed by atoms with E-state index in [0.29, 0.717) is 29.9 Å². The lowest BCUT2D eigenvalue weighted by atomic mass is 10.0. The van der Waals surface area contributed by atoms with Gasteiger partial charge < -0.3 is 21.4 Å². The summed E-state index contributed by atoms with van der Waals surface area (Å²) in [7, 11) is 0. The van der Waals surface area contributed by atoms with Crippen molar-refractivity contribution in [2.45, 2.75) is 6.42 Å². The number of amides is 2. The molecule has 0 spiro atoms. The number of nitrogens with two attached hydrogens (primary N) is 1. The summed E-state index contributed by atoms with van der Waals surface area (Å²) in [5.41, 5.74) is 7.75. The zero-order chi connectivity index (χ0) is 12.7. The highest BCUT2D eigenvalue weighted by Crippen LogP contribution is 2.27. The summed E-state index contributed by atoms with van der Waals surface area (Å²) in [6.45, 7) is 0.467. The SMILES string of the molecule is NC1=NC(=O)/C(=C2\CCNC(=O)c3[nH]ccc32)N1. The third-order valence-electron chi connectivity index (χ3n) is 2.95. The number of rotatable bonds is 0. The van der Waals surface area contributed by atoms with Gasteiger partial charge in [0.1, 0.15) is 11.4 Å². The lowest BCUT2D eigenvalue weighted by Gasteiger charge is -2.07. The Labute approximate surface area is 102 Å². The molecule has 3 heterocycles. The molecular formula is C11H11N5O2. The van der Waals surface area contributed by atoms with Crippen LogP contribution in [0.3, 0.4) is 0 Å². The van der Waals surface area contributed by atoms with Gasteiger partial charge in [-0.2, -0.15) is 4.99 Å². The number of aromatic nitrogens is 1. The number of aliphatic imine (C=N–C) groups is 1. The summed E-state index contributed by atoms with van der Waals surface area (Å²) in [6, 6.07) is 1.77. The quantitative estimate of drug-likeness (QED) is 0.453. The van der Waals surface area contributed by atoms with Gasteiger partial charge in [0.25, 0.3) is 11.8 Å². The van der Waals surface area contributed by atoms with Gasteiger partial charge in [0.2, 0.25) is 5.96 Å². The second kappa shape index (κ2) is 3.73. The Bertz CT molecular complexity index is 611. The van der Waals surface area contributed by atoms with Crippen LogP contribution >= 0.6 is 0 Å². The van der Waals surface area contributed by atoms with Gasteiger partial charge in [-0.05, 0) is 18.1 Å². The Morgan fingerprint density at radius 3 is 2.89 bits per heavy atom. The molecule has 92 valence electrons. The summed E-state index contributed by atoms with van der Waals surface area (Å²) in [4.78, 5) is 30.0. The standard InChI is InChI=1S/C11H11N5O2/c12-11-15-8(10(18)16-11)6-2-4-14-9(17)7-5(6)1-3-13-7/h1,3,13H,2,4H2,(H,14,17)(H3,12,15,16,18)/b8-6-. The molecule has 0 radical (unpaired) electrons. The van der Waals surface area contributed by atoms with E-state index >= 15 is 0 Å². The van der Waals surface area contributed by atoms with Crippen LogP contribution in [0.25, 0.3) is 5.57 Å². The van der Waals surface area contributed by atoms with Crippen molar-refractivity contribution in [3.8, 4) is 0 Å².